The van der Waals surface area contributed by atoms with Crippen LogP contribution in [0.4, 0.5) is 5.69 Å². The lowest BCUT2D eigenvalue weighted by Gasteiger charge is -2.30. The standard InChI is InChI=1S/C24H26N4O4S/c25-17-20-6-1-2-9-22(20)33(31,32)28-14-10-18(11-15-28)23(29)26-21-8-5-7-19(16-21)24(30)27-12-3-4-13-27/h1-2,5-9,16,18H,3-4,10-15H2,(H,26,29). The summed E-state index contributed by atoms with van der Waals surface area (Å²) in [5.41, 5.74) is 1.22. The maximum atomic E-state index is 13.0. The fourth-order valence-corrected chi connectivity index (χ4v) is 5.97. The molecule has 0 bridgehead atoms. The Morgan fingerprint density at radius 3 is 2.36 bits per heavy atom. The van der Waals surface area contributed by atoms with Gasteiger partial charge in [0.25, 0.3) is 5.91 Å². The molecule has 9 heteroatoms. The second-order valence-corrected chi connectivity index (χ2v) is 10.3. The monoisotopic (exact) mass is 466 g/mol. The van der Waals surface area contributed by atoms with E-state index in [1.807, 2.05) is 11.0 Å². The van der Waals surface area contributed by atoms with Gasteiger partial charge >= 0.3 is 0 Å². The third kappa shape index (κ3) is 4.92. The molecule has 2 fully saturated rings. The van der Waals surface area contributed by atoms with Gasteiger partial charge in [-0.2, -0.15) is 9.57 Å². The Morgan fingerprint density at radius 1 is 0.970 bits per heavy atom. The lowest BCUT2D eigenvalue weighted by atomic mass is 9.97. The van der Waals surface area contributed by atoms with Crippen LogP contribution in [0.1, 0.15) is 41.6 Å². The predicted octanol–water partition coefficient (Wildman–Crippen LogP) is 2.83. The van der Waals surface area contributed by atoms with Gasteiger partial charge in [0.1, 0.15) is 6.07 Å². The molecular weight excluding hydrogens is 440 g/mol. The van der Waals surface area contributed by atoms with Crippen molar-refractivity contribution in [1.29, 1.82) is 5.26 Å². The number of nitrogens with zero attached hydrogens (tertiary/aromatic N) is 3. The first-order valence-corrected chi connectivity index (χ1v) is 12.5. The van der Waals surface area contributed by atoms with Gasteiger partial charge in [-0.1, -0.05) is 18.2 Å². The molecule has 2 saturated heterocycles. The van der Waals surface area contributed by atoms with E-state index in [-0.39, 0.29) is 41.3 Å². The minimum absolute atomic E-state index is 0.00474. The predicted molar refractivity (Wildman–Crippen MR) is 123 cm³/mol. The molecule has 2 aromatic carbocycles. The first-order valence-electron chi connectivity index (χ1n) is 11.1. The number of hydrogen-bond acceptors (Lipinski definition) is 5. The Morgan fingerprint density at radius 2 is 1.67 bits per heavy atom. The summed E-state index contributed by atoms with van der Waals surface area (Å²) in [6, 6.07) is 15.0. The summed E-state index contributed by atoms with van der Waals surface area (Å²) >= 11 is 0. The first kappa shape index (κ1) is 23.0. The number of carbonyl (C=O) groups excluding carboxylic acids is 2. The topological polar surface area (TPSA) is 111 Å². The zero-order valence-corrected chi connectivity index (χ0v) is 19.1. The van der Waals surface area contributed by atoms with Crippen LogP contribution in [0.2, 0.25) is 0 Å². The Bertz CT molecular complexity index is 1190. The number of amides is 2. The molecule has 0 radical (unpaired) electrons. The summed E-state index contributed by atoms with van der Waals surface area (Å²) in [5, 5.41) is 12.1. The number of benzene rings is 2. The average Bonchev–Trinajstić information content (AvgIpc) is 3.39. The maximum Gasteiger partial charge on any atom is 0.253 e. The van der Waals surface area contributed by atoms with Crippen molar-refractivity contribution >= 4 is 27.5 Å². The van der Waals surface area contributed by atoms with E-state index in [4.69, 9.17) is 0 Å². The molecule has 1 N–H and O–H groups in total. The van der Waals surface area contributed by atoms with Crippen LogP contribution in [0.15, 0.2) is 53.4 Å². The van der Waals surface area contributed by atoms with Crippen molar-refractivity contribution < 1.29 is 18.0 Å². The summed E-state index contributed by atoms with van der Waals surface area (Å²) < 4.78 is 27.3. The largest absolute Gasteiger partial charge is 0.339 e. The van der Waals surface area contributed by atoms with Crippen LogP contribution in [-0.4, -0.2) is 55.6 Å². The van der Waals surface area contributed by atoms with Gasteiger partial charge in [-0.15, -0.1) is 0 Å². The number of likely N-dealkylation sites (tertiary alicyclic amines) is 1. The Hall–Kier alpha value is -3.22. The molecule has 0 aliphatic carbocycles. The van der Waals surface area contributed by atoms with E-state index in [0.717, 1.165) is 25.9 Å². The van der Waals surface area contributed by atoms with Gasteiger partial charge in [0.2, 0.25) is 15.9 Å². The maximum absolute atomic E-state index is 13.0. The van der Waals surface area contributed by atoms with Crippen molar-refractivity contribution in [3.8, 4) is 6.07 Å². The number of rotatable bonds is 5. The van der Waals surface area contributed by atoms with E-state index in [9.17, 15) is 23.3 Å². The molecule has 2 aromatic rings. The molecule has 0 atom stereocenters. The van der Waals surface area contributed by atoms with Gasteiger partial charge in [0.05, 0.1) is 10.5 Å². The van der Waals surface area contributed by atoms with Crippen molar-refractivity contribution in [2.45, 2.75) is 30.6 Å². The molecule has 2 aliphatic heterocycles. The Balaban J connectivity index is 1.38. The van der Waals surface area contributed by atoms with Gasteiger partial charge in [0, 0.05) is 43.3 Å². The number of nitrogens with one attached hydrogen (secondary N) is 1. The highest BCUT2D eigenvalue weighted by Crippen LogP contribution is 2.27. The van der Waals surface area contributed by atoms with E-state index < -0.39 is 10.0 Å². The number of nitriles is 1. The second-order valence-electron chi connectivity index (χ2n) is 8.36. The zero-order valence-electron chi connectivity index (χ0n) is 18.2. The molecule has 33 heavy (non-hydrogen) atoms. The second kappa shape index (κ2) is 9.73. The summed E-state index contributed by atoms with van der Waals surface area (Å²) in [7, 11) is -3.80. The number of anilines is 1. The van der Waals surface area contributed by atoms with Crippen molar-refractivity contribution in [2.75, 3.05) is 31.5 Å². The highest BCUT2D eigenvalue weighted by atomic mass is 32.2. The Kier molecular flexibility index (Phi) is 6.77. The first-order chi connectivity index (χ1) is 15.9. The normalized spacial score (nSPS) is 17.5. The van der Waals surface area contributed by atoms with Gasteiger partial charge < -0.3 is 10.2 Å². The van der Waals surface area contributed by atoms with Crippen molar-refractivity contribution in [2.24, 2.45) is 5.92 Å². The number of hydrogen-bond donors (Lipinski definition) is 1. The summed E-state index contributed by atoms with van der Waals surface area (Å²) in [6.45, 7) is 1.92. The van der Waals surface area contributed by atoms with Gasteiger partial charge in [-0.05, 0) is 56.0 Å². The number of carbonyl (C=O) groups is 2. The lowest BCUT2D eigenvalue weighted by molar-refractivity contribution is -0.120. The Labute approximate surface area is 193 Å². The molecule has 2 aliphatic rings. The van der Waals surface area contributed by atoms with Crippen LogP contribution in [0.5, 0.6) is 0 Å². The summed E-state index contributed by atoms with van der Waals surface area (Å²) in [5.74, 6) is -0.546. The summed E-state index contributed by atoms with van der Waals surface area (Å²) in [4.78, 5) is 27.2. The van der Waals surface area contributed by atoms with Crippen molar-refractivity contribution in [3.63, 3.8) is 0 Å². The molecule has 4 rings (SSSR count). The SMILES string of the molecule is N#Cc1ccccc1S(=O)(=O)N1CCC(C(=O)Nc2cccc(C(=O)N3CCCC3)c2)CC1. The summed E-state index contributed by atoms with van der Waals surface area (Å²) in [6.07, 6.45) is 2.79. The van der Waals surface area contributed by atoms with E-state index >= 15 is 0 Å². The number of sulfonamides is 1. The molecule has 0 unspecified atom stereocenters. The average molecular weight is 467 g/mol. The lowest BCUT2D eigenvalue weighted by Crippen LogP contribution is -2.41. The van der Waals surface area contributed by atoms with Crippen molar-refractivity contribution in [3.05, 3.63) is 59.7 Å². The van der Waals surface area contributed by atoms with Gasteiger partial charge in [-0.25, -0.2) is 8.42 Å². The highest BCUT2D eigenvalue weighted by Gasteiger charge is 2.33. The van der Waals surface area contributed by atoms with Crippen LogP contribution in [0.25, 0.3) is 0 Å². The highest BCUT2D eigenvalue weighted by molar-refractivity contribution is 7.89. The van der Waals surface area contributed by atoms with Crippen molar-refractivity contribution in [1.82, 2.24) is 9.21 Å². The molecule has 2 heterocycles. The van der Waals surface area contributed by atoms with E-state index in [2.05, 4.69) is 5.32 Å². The quantitative estimate of drug-likeness (QED) is 0.729. The fourth-order valence-electron chi connectivity index (χ4n) is 4.36. The van der Waals surface area contributed by atoms with Gasteiger partial charge in [-0.3, -0.25) is 9.59 Å². The zero-order chi connectivity index (χ0) is 23.4. The molecule has 2 amide bonds. The van der Waals surface area contributed by atoms with Crippen LogP contribution in [-0.2, 0) is 14.8 Å². The molecular formula is C24H26N4O4S. The third-order valence-electron chi connectivity index (χ3n) is 6.22. The van der Waals surface area contributed by atoms with Gasteiger partial charge in [0.15, 0.2) is 0 Å². The molecule has 172 valence electrons. The molecule has 0 aromatic heterocycles. The number of piperidine rings is 1. The third-order valence-corrected chi connectivity index (χ3v) is 8.18. The minimum atomic E-state index is -3.80. The van der Waals surface area contributed by atoms with Crippen LogP contribution < -0.4 is 5.32 Å². The molecule has 0 spiro atoms. The van der Waals surface area contributed by atoms with E-state index in [1.165, 1.54) is 16.4 Å². The van der Waals surface area contributed by atoms with Crippen LogP contribution in [0, 0.1) is 17.2 Å². The smallest absolute Gasteiger partial charge is 0.253 e. The van der Waals surface area contributed by atoms with Crippen LogP contribution >= 0.6 is 0 Å². The van der Waals surface area contributed by atoms with E-state index in [1.54, 1.807) is 36.4 Å². The molecule has 0 saturated carbocycles. The molecule has 8 nitrogen and oxygen atoms in total. The minimum Gasteiger partial charge on any atom is -0.339 e. The van der Waals surface area contributed by atoms with E-state index in [0.29, 0.717) is 24.1 Å². The van der Waals surface area contributed by atoms with Crippen LogP contribution in [0.3, 0.4) is 0 Å². The fraction of sp³-hybridized carbons (Fsp3) is 0.375.